The van der Waals surface area contributed by atoms with Crippen molar-refractivity contribution >= 4 is 0 Å². The molecule has 16 heteroatoms. The maximum absolute atomic E-state index is 11.5. The zero-order valence-electron chi connectivity index (χ0n) is 51.0. The third kappa shape index (κ3) is 30.6. The Morgan fingerprint density at radius 2 is 0.506 bits per heavy atom. The van der Waals surface area contributed by atoms with E-state index >= 15 is 0 Å². The molecule has 79 heavy (non-hydrogen) atoms. The second-order valence-electron chi connectivity index (χ2n) is 20.3. The van der Waals surface area contributed by atoms with Gasteiger partial charge in [0.05, 0.1) is 59.5 Å². The monoisotopic (exact) mass is 1150 g/mol. The summed E-state index contributed by atoms with van der Waals surface area (Å²) < 4.78 is 52.2. The van der Waals surface area contributed by atoms with E-state index < -0.39 is 16.8 Å². The molecular weight excluding hydrogens is 1040 g/mol. The minimum absolute atomic E-state index is 0. The molecule has 0 N–H and O–H groups in total. The number of rotatable bonds is 45. The molecular formula is C63H105O15Ti. The van der Waals surface area contributed by atoms with Gasteiger partial charge in [-0.2, -0.15) is 0 Å². The Morgan fingerprint density at radius 3 is 0.709 bits per heavy atom. The van der Waals surface area contributed by atoms with Crippen LogP contribution in [0.4, 0.5) is 0 Å². The fourth-order valence-electron chi connectivity index (χ4n) is 7.41. The predicted molar refractivity (Wildman–Crippen MR) is 304 cm³/mol. The maximum atomic E-state index is 11.5. The van der Waals surface area contributed by atoms with Gasteiger partial charge in [0.2, 0.25) is 0 Å². The van der Waals surface area contributed by atoms with Crippen LogP contribution in [0.25, 0.3) is 0 Å². The van der Waals surface area contributed by atoms with Crippen molar-refractivity contribution in [2.45, 2.75) is 215 Å². The van der Waals surface area contributed by atoms with Crippen LogP contribution in [0.3, 0.4) is 0 Å². The van der Waals surface area contributed by atoms with Crippen molar-refractivity contribution in [3.8, 4) is 34.5 Å². The summed E-state index contributed by atoms with van der Waals surface area (Å²) in [4.78, 5) is 13.8. The van der Waals surface area contributed by atoms with E-state index in [9.17, 15) is 15.8 Å². The summed E-state index contributed by atoms with van der Waals surface area (Å²) in [6.07, 6.45) is 18.2. The summed E-state index contributed by atoms with van der Waals surface area (Å²) in [5, 5.41) is 34.6. The average molecular weight is 1150 g/mol. The van der Waals surface area contributed by atoms with Crippen LogP contribution < -0.4 is 44.2 Å². The Balaban J connectivity index is 0.00000115. The number of unbranched alkanes of at least 4 members (excludes halogenated alkanes) is 9. The molecule has 0 aliphatic rings. The normalized spacial score (nSPS) is 13.3. The van der Waals surface area contributed by atoms with Gasteiger partial charge in [-0.05, 0) is 115 Å². The molecule has 0 heterocycles. The summed E-state index contributed by atoms with van der Waals surface area (Å²) in [6.45, 7) is 30.4. The summed E-state index contributed by atoms with van der Waals surface area (Å²) in [5.41, 5.74) is -1.21. The summed E-state index contributed by atoms with van der Waals surface area (Å²) >= 11 is 0. The van der Waals surface area contributed by atoms with E-state index in [1.165, 1.54) is 0 Å². The standard InChI is InChI=1S/3C21H36O5.Ti/c3*1-5-8-13-23-17-21(4,26-22)19-12-11-18(24-14-9-6-2)16-20(19)25-15-10-7-3;/h3*11-12,16,22H,5-10,13-15,17H2,1-4H3;/q;;;+3/p-3. The van der Waals surface area contributed by atoms with Crippen molar-refractivity contribution in [3.63, 3.8) is 0 Å². The van der Waals surface area contributed by atoms with Crippen LogP contribution in [0.2, 0.25) is 0 Å². The first-order valence-corrected chi connectivity index (χ1v) is 29.7. The Morgan fingerprint density at radius 1 is 0.304 bits per heavy atom. The van der Waals surface area contributed by atoms with Crippen LogP contribution in [0.15, 0.2) is 54.6 Å². The molecule has 0 aliphatic heterocycles. The first kappa shape index (κ1) is 75.8. The van der Waals surface area contributed by atoms with Crippen molar-refractivity contribution in [2.75, 3.05) is 79.3 Å². The zero-order chi connectivity index (χ0) is 57.8. The van der Waals surface area contributed by atoms with E-state index in [1.807, 2.05) is 54.6 Å². The van der Waals surface area contributed by atoms with E-state index in [0.717, 1.165) is 133 Å². The van der Waals surface area contributed by atoms with Crippen molar-refractivity contribution in [3.05, 3.63) is 71.3 Å². The Hall–Kier alpha value is -3.19. The molecule has 0 amide bonds. The fraction of sp³-hybridized carbons (Fsp3) is 0.714. The minimum Gasteiger partial charge on any atom is -0.723 e. The number of benzene rings is 3. The number of hydrogen-bond donors (Lipinski definition) is 0. The smallest absolute Gasteiger partial charge is 0.723 e. The van der Waals surface area contributed by atoms with E-state index in [2.05, 4.69) is 77.0 Å². The van der Waals surface area contributed by atoms with Gasteiger partial charge < -0.3 is 73.1 Å². The Kier molecular flexibility index (Phi) is 45.4. The molecule has 3 aromatic rings. The Bertz CT molecular complexity index is 1690. The molecule has 0 bridgehead atoms. The van der Waals surface area contributed by atoms with Crippen molar-refractivity contribution in [2.24, 2.45) is 0 Å². The summed E-state index contributed by atoms with van der Waals surface area (Å²) in [7, 11) is 0. The minimum atomic E-state index is -1.10. The van der Waals surface area contributed by atoms with Gasteiger partial charge in [-0.3, -0.25) is 0 Å². The van der Waals surface area contributed by atoms with Gasteiger partial charge in [0.1, 0.15) is 51.3 Å². The van der Waals surface area contributed by atoms with Crippen LogP contribution in [0.1, 0.15) is 215 Å². The third-order valence-corrected chi connectivity index (χ3v) is 12.7. The first-order chi connectivity index (χ1) is 37.8. The predicted octanol–water partition coefficient (Wildman–Crippen LogP) is 13.1. The SMILES string of the molecule is CCCCOCC(C)(O[O-])c1ccc(OCCCC)cc1OCCCC.CCCCOCC(C)(O[O-])c1ccc(OCCCC)cc1OCCCC.CCCCOCC(C)(O[O-])c1ccc(OCCCC)cc1OCCCC.[Ti+3]. The molecule has 0 aliphatic carbocycles. The van der Waals surface area contributed by atoms with Gasteiger partial charge in [-0.15, -0.1) is 0 Å². The van der Waals surface area contributed by atoms with Gasteiger partial charge in [0.15, 0.2) is 0 Å². The van der Waals surface area contributed by atoms with Gasteiger partial charge in [-0.1, -0.05) is 120 Å². The molecule has 0 spiro atoms. The molecule has 3 rings (SSSR count). The van der Waals surface area contributed by atoms with Crippen LogP contribution in [-0.2, 0) is 67.4 Å². The van der Waals surface area contributed by atoms with Gasteiger partial charge in [0, 0.05) is 54.7 Å². The molecule has 0 saturated heterocycles. The van der Waals surface area contributed by atoms with E-state index in [0.29, 0.717) is 93.4 Å². The molecule has 1 radical (unpaired) electrons. The van der Waals surface area contributed by atoms with Crippen LogP contribution in [0.5, 0.6) is 34.5 Å². The van der Waals surface area contributed by atoms with Crippen LogP contribution in [0, 0.1) is 0 Å². The maximum Gasteiger partial charge on any atom is 3.00 e. The number of hydrogen-bond acceptors (Lipinski definition) is 15. The first-order valence-electron chi connectivity index (χ1n) is 29.7. The molecule has 0 saturated carbocycles. The molecule has 3 aromatic carbocycles. The van der Waals surface area contributed by atoms with Gasteiger partial charge >= 0.3 is 21.7 Å². The van der Waals surface area contributed by atoms with Gasteiger partial charge in [0.25, 0.3) is 0 Å². The topological polar surface area (TPSA) is 180 Å². The third-order valence-electron chi connectivity index (χ3n) is 12.7. The van der Waals surface area contributed by atoms with Crippen molar-refractivity contribution < 1.29 is 94.8 Å². The van der Waals surface area contributed by atoms with E-state index in [-0.39, 0.29) is 41.5 Å². The molecule has 3 unspecified atom stereocenters. The molecule has 3 atom stereocenters. The molecule has 0 aromatic heterocycles. The number of ether oxygens (including phenoxy) is 9. The second-order valence-corrected chi connectivity index (χ2v) is 20.3. The largest absolute Gasteiger partial charge is 3.00 e. The quantitative estimate of drug-likeness (QED) is 0.0225. The van der Waals surface area contributed by atoms with Crippen molar-refractivity contribution in [1.82, 2.24) is 0 Å². The van der Waals surface area contributed by atoms with Crippen LogP contribution in [-0.4, -0.2) is 79.3 Å². The molecule has 451 valence electrons. The van der Waals surface area contributed by atoms with E-state index in [4.69, 9.17) is 42.6 Å². The van der Waals surface area contributed by atoms with Crippen LogP contribution >= 0.6 is 0 Å². The summed E-state index contributed by atoms with van der Waals surface area (Å²) in [5.74, 6) is 4.12. The fourth-order valence-corrected chi connectivity index (χ4v) is 7.41. The zero-order valence-corrected chi connectivity index (χ0v) is 52.6. The van der Waals surface area contributed by atoms with Crippen molar-refractivity contribution in [1.29, 1.82) is 0 Å². The Labute approximate surface area is 493 Å². The summed E-state index contributed by atoms with van der Waals surface area (Å²) in [6, 6.07) is 16.7. The molecule has 0 fully saturated rings. The average Bonchev–Trinajstić information content (AvgIpc) is 3.45. The van der Waals surface area contributed by atoms with Gasteiger partial charge in [-0.25, -0.2) is 0 Å². The second kappa shape index (κ2) is 47.3. The van der Waals surface area contributed by atoms with E-state index in [1.54, 1.807) is 20.8 Å². The molecule has 15 nitrogen and oxygen atoms in total.